The maximum Gasteiger partial charge on any atom is 0.215 e. The summed E-state index contributed by atoms with van der Waals surface area (Å²) in [5, 5.41) is 0. The summed E-state index contributed by atoms with van der Waals surface area (Å²) in [6, 6.07) is 0. The third kappa shape index (κ3) is 3.41. The van der Waals surface area contributed by atoms with Crippen molar-refractivity contribution in [3.8, 4) is 0 Å². The Morgan fingerprint density at radius 1 is 1.19 bits per heavy atom. The molecule has 0 amide bonds. The fourth-order valence-corrected chi connectivity index (χ4v) is 3.76. The van der Waals surface area contributed by atoms with Gasteiger partial charge in [0.25, 0.3) is 0 Å². The van der Waals surface area contributed by atoms with Crippen LogP contribution in [0.1, 0.15) is 27.7 Å². The molecule has 1 heterocycles. The maximum atomic E-state index is 12.0. The quantitative estimate of drug-likeness (QED) is 0.774. The van der Waals surface area contributed by atoms with E-state index in [9.17, 15) is 8.42 Å². The van der Waals surface area contributed by atoms with E-state index in [0.29, 0.717) is 13.1 Å². The molecule has 16 heavy (non-hydrogen) atoms. The van der Waals surface area contributed by atoms with E-state index in [1.807, 2.05) is 27.7 Å². The Hall–Kier alpha value is -0.170. The number of ether oxygens (including phenoxy) is 1. The van der Waals surface area contributed by atoms with Crippen LogP contribution >= 0.6 is 0 Å². The molecule has 1 aliphatic heterocycles. The minimum atomic E-state index is -3.25. The van der Waals surface area contributed by atoms with Gasteiger partial charge in [-0.3, -0.25) is 0 Å². The minimum absolute atomic E-state index is 0.000833. The van der Waals surface area contributed by atoms with Crippen LogP contribution in [0.15, 0.2) is 0 Å². The molecule has 0 unspecified atom stereocenters. The van der Waals surface area contributed by atoms with Gasteiger partial charge in [0.2, 0.25) is 10.0 Å². The van der Waals surface area contributed by atoms with Crippen LogP contribution in [-0.4, -0.2) is 49.3 Å². The Morgan fingerprint density at radius 3 is 2.00 bits per heavy atom. The molecule has 6 heteroatoms. The van der Waals surface area contributed by atoms with E-state index in [-0.39, 0.29) is 12.3 Å². The first kappa shape index (κ1) is 13.9. The van der Waals surface area contributed by atoms with E-state index in [1.165, 1.54) is 4.31 Å². The van der Waals surface area contributed by atoms with Gasteiger partial charge in [-0.05, 0) is 27.7 Å². The SMILES string of the molecule is CC1(C)CN(S(=O)(=O)CCN)CC(C)(C)O1. The standard InChI is InChI=1S/C10H22N2O3S/c1-9(2)7-12(8-10(3,4)15-9)16(13,14)6-5-11/h5-8,11H2,1-4H3. The molecule has 5 nitrogen and oxygen atoms in total. The highest BCUT2D eigenvalue weighted by molar-refractivity contribution is 7.89. The highest BCUT2D eigenvalue weighted by Gasteiger charge is 2.42. The summed E-state index contributed by atoms with van der Waals surface area (Å²) in [5.74, 6) is -0.000833. The van der Waals surface area contributed by atoms with Crippen molar-refractivity contribution in [2.45, 2.75) is 38.9 Å². The van der Waals surface area contributed by atoms with Gasteiger partial charge >= 0.3 is 0 Å². The molecule has 0 spiro atoms. The summed E-state index contributed by atoms with van der Waals surface area (Å²) in [5.41, 5.74) is 4.41. The largest absolute Gasteiger partial charge is 0.367 e. The van der Waals surface area contributed by atoms with Crippen LogP contribution in [0.2, 0.25) is 0 Å². The van der Waals surface area contributed by atoms with Crippen molar-refractivity contribution in [3.05, 3.63) is 0 Å². The molecular weight excluding hydrogens is 228 g/mol. The molecule has 1 aliphatic rings. The molecule has 1 rings (SSSR count). The van der Waals surface area contributed by atoms with Crippen molar-refractivity contribution in [2.24, 2.45) is 5.73 Å². The zero-order valence-corrected chi connectivity index (χ0v) is 11.3. The smallest absolute Gasteiger partial charge is 0.215 e. The number of rotatable bonds is 3. The predicted molar refractivity (Wildman–Crippen MR) is 63.7 cm³/mol. The summed E-state index contributed by atoms with van der Waals surface area (Å²) < 4.78 is 31.2. The van der Waals surface area contributed by atoms with Gasteiger partial charge in [-0.1, -0.05) is 0 Å². The summed E-state index contributed by atoms with van der Waals surface area (Å²) in [7, 11) is -3.25. The Labute approximate surface area is 98.0 Å². The molecule has 0 aromatic heterocycles. The maximum absolute atomic E-state index is 12.0. The second kappa shape index (κ2) is 4.25. The number of hydrogen-bond acceptors (Lipinski definition) is 4. The molecule has 2 N–H and O–H groups in total. The second-order valence-corrected chi connectivity index (χ2v) is 7.58. The van der Waals surface area contributed by atoms with Crippen molar-refractivity contribution >= 4 is 10.0 Å². The van der Waals surface area contributed by atoms with Gasteiger partial charge in [0.1, 0.15) is 0 Å². The number of sulfonamides is 1. The molecule has 0 radical (unpaired) electrons. The fourth-order valence-electron chi connectivity index (χ4n) is 2.19. The van der Waals surface area contributed by atoms with Gasteiger partial charge in [-0.15, -0.1) is 0 Å². The lowest BCUT2D eigenvalue weighted by Crippen LogP contribution is -2.59. The summed E-state index contributed by atoms with van der Waals surface area (Å²) in [4.78, 5) is 0. The van der Waals surface area contributed by atoms with E-state index in [1.54, 1.807) is 0 Å². The average molecular weight is 250 g/mol. The summed E-state index contributed by atoms with van der Waals surface area (Å²) in [6.07, 6.45) is 0. The Bertz CT molecular complexity index is 333. The first-order valence-electron chi connectivity index (χ1n) is 5.46. The predicted octanol–water partition coefficient (Wildman–Crippen LogP) is 0.164. The van der Waals surface area contributed by atoms with Crippen molar-refractivity contribution in [1.82, 2.24) is 4.31 Å². The lowest BCUT2D eigenvalue weighted by atomic mass is 10.0. The molecule has 0 bridgehead atoms. The van der Waals surface area contributed by atoms with E-state index in [2.05, 4.69) is 0 Å². The molecule has 0 aromatic rings. The molecule has 1 fully saturated rings. The van der Waals surface area contributed by atoms with Crippen molar-refractivity contribution in [2.75, 3.05) is 25.4 Å². The first-order valence-corrected chi connectivity index (χ1v) is 7.07. The van der Waals surface area contributed by atoms with E-state index in [0.717, 1.165) is 0 Å². The van der Waals surface area contributed by atoms with Crippen molar-refractivity contribution in [3.63, 3.8) is 0 Å². The van der Waals surface area contributed by atoms with Gasteiger partial charge in [0.05, 0.1) is 17.0 Å². The monoisotopic (exact) mass is 250 g/mol. The molecule has 0 aliphatic carbocycles. The fraction of sp³-hybridized carbons (Fsp3) is 1.00. The van der Waals surface area contributed by atoms with Gasteiger partial charge in [0, 0.05) is 19.6 Å². The van der Waals surface area contributed by atoms with Crippen LogP contribution in [-0.2, 0) is 14.8 Å². The molecule has 0 atom stereocenters. The molecular formula is C10H22N2O3S. The lowest BCUT2D eigenvalue weighted by molar-refractivity contribution is -0.163. The molecule has 96 valence electrons. The zero-order valence-electron chi connectivity index (χ0n) is 10.5. The Balaban J connectivity index is 2.91. The highest BCUT2D eigenvalue weighted by atomic mass is 32.2. The van der Waals surface area contributed by atoms with Gasteiger partial charge in [-0.25, -0.2) is 8.42 Å². The number of nitrogens with zero attached hydrogens (tertiary/aromatic N) is 1. The number of morpholine rings is 1. The van der Waals surface area contributed by atoms with E-state index < -0.39 is 21.2 Å². The van der Waals surface area contributed by atoms with Crippen LogP contribution in [0.25, 0.3) is 0 Å². The highest BCUT2D eigenvalue weighted by Crippen LogP contribution is 2.29. The zero-order chi connectivity index (χ0) is 12.6. The second-order valence-electron chi connectivity index (χ2n) is 5.49. The average Bonchev–Trinajstić information content (AvgIpc) is 1.97. The van der Waals surface area contributed by atoms with Crippen LogP contribution in [0.5, 0.6) is 0 Å². The van der Waals surface area contributed by atoms with Crippen LogP contribution < -0.4 is 5.73 Å². The van der Waals surface area contributed by atoms with Gasteiger partial charge in [0.15, 0.2) is 0 Å². The van der Waals surface area contributed by atoms with E-state index >= 15 is 0 Å². The van der Waals surface area contributed by atoms with Crippen LogP contribution in [0.4, 0.5) is 0 Å². The molecule has 1 saturated heterocycles. The van der Waals surface area contributed by atoms with Gasteiger partial charge in [-0.2, -0.15) is 4.31 Å². The summed E-state index contributed by atoms with van der Waals surface area (Å²) >= 11 is 0. The minimum Gasteiger partial charge on any atom is -0.367 e. The lowest BCUT2D eigenvalue weighted by Gasteiger charge is -2.46. The van der Waals surface area contributed by atoms with Crippen LogP contribution in [0, 0.1) is 0 Å². The summed E-state index contributed by atoms with van der Waals surface area (Å²) in [6.45, 7) is 8.54. The van der Waals surface area contributed by atoms with Crippen LogP contribution in [0.3, 0.4) is 0 Å². The third-order valence-electron chi connectivity index (χ3n) is 2.44. The van der Waals surface area contributed by atoms with Gasteiger partial charge < -0.3 is 10.5 Å². The molecule has 0 aromatic carbocycles. The van der Waals surface area contributed by atoms with E-state index in [4.69, 9.17) is 10.5 Å². The Morgan fingerprint density at radius 2 is 1.62 bits per heavy atom. The molecule has 0 saturated carbocycles. The topological polar surface area (TPSA) is 72.6 Å². The normalized spacial score (nSPS) is 25.6. The number of nitrogens with two attached hydrogens (primary N) is 1. The first-order chi connectivity index (χ1) is 7.08. The van der Waals surface area contributed by atoms with Crippen molar-refractivity contribution in [1.29, 1.82) is 0 Å². The number of hydrogen-bond donors (Lipinski definition) is 1. The Kier molecular flexibility index (Phi) is 3.69. The third-order valence-corrected chi connectivity index (χ3v) is 4.23. The van der Waals surface area contributed by atoms with Crippen molar-refractivity contribution < 1.29 is 13.2 Å².